The van der Waals surface area contributed by atoms with Crippen LogP contribution in [0.5, 0.6) is 0 Å². The van der Waals surface area contributed by atoms with Gasteiger partial charge >= 0.3 is 0 Å². The molecule has 0 bridgehead atoms. The minimum Gasteiger partial charge on any atom is -0.382 e. The standard InChI is InChI=1S/C17H28ClN3O2.HI/c1-19-17(21-11-6-12-23-14-13-22-2)20-10-5-8-15-7-3-4-9-16(15)18;/h3-4,7,9H,5-6,8,10-14H2,1-2H3,(H2,19,20,21);1H. The van der Waals surface area contributed by atoms with Crippen molar-refractivity contribution in [2.24, 2.45) is 4.99 Å². The molecule has 0 heterocycles. The first-order valence-corrected chi connectivity index (χ1v) is 8.40. The molecule has 0 spiro atoms. The second-order valence-corrected chi connectivity index (χ2v) is 5.49. The third-order valence-corrected chi connectivity index (χ3v) is 3.66. The molecule has 0 aliphatic rings. The number of aryl methyl sites for hydroxylation is 1. The Hall–Kier alpha value is -0.570. The van der Waals surface area contributed by atoms with E-state index >= 15 is 0 Å². The number of nitrogens with zero attached hydrogens (tertiary/aromatic N) is 1. The Kier molecular flexibility index (Phi) is 15.6. The van der Waals surface area contributed by atoms with Gasteiger partial charge in [-0.3, -0.25) is 4.99 Å². The van der Waals surface area contributed by atoms with E-state index in [0.717, 1.165) is 49.9 Å². The fourth-order valence-electron chi connectivity index (χ4n) is 2.03. The number of nitrogens with one attached hydrogen (secondary N) is 2. The highest BCUT2D eigenvalue weighted by Crippen LogP contribution is 2.16. The maximum Gasteiger partial charge on any atom is 0.190 e. The van der Waals surface area contributed by atoms with Crippen LogP contribution in [0, 0.1) is 0 Å². The maximum absolute atomic E-state index is 6.15. The van der Waals surface area contributed by atoms with Crippen LogP contribution in [0.3, 0.4) is 0 Å². The normalized spacial score (nSPS) is 11.0. The molecule has 2 N–H and O–H groups in total. The number of halogens is 2. The van der Waals surface area contributed by atoms with Gasteiger partial charge in [0.2, 0.25) is 0 Å². The van der Waals surface area contributed by atoms with Crippen molar-refractivity contribution in [3.05, 3.63) is 34.9 Å². The molecule has 5 nitrogen and oxygen atoms in total. The highest BCUT2D eigenvalue weighted by atomic mass is 127. The molecule has 0 radical (unpaired) electrons. The van der Waals surface area contributed by atoms with Crippen LogP contribution in [-0.4, -0.2) is 53.0 Å². The van der Waals surface area contributed by atoms with Crippen molar-refractivity contribution < 1.29 is 9.47 Å². The van der Waals surface area contributed by atoms with Crippen LogP contribution < -0.4 is 10.6 Å². The lowest BCUT2D eigenvalue weighted by Crippen LogP contribution is -2.38. The fourth-order valence-corrected chi connectivity index (χ4v) is 2.26. The highest BCUT2D eigenvalue weighted by molar-refractivity contribution is 14.0. The Morgan fingerprint density at radius 3 is 2.46 bits per heavy atom. The van der Waals surface area contributed by atoms with E-state index in [-0.39, 0.29) is 24.0 Å². The monoisotopic (exact) mass is 469 g/mol. The molecule has 0 atom stereocenters. The molecule has 1 aromatic carbocycles. The van der Waals surface area contributed by atoms with E-state index < -0.39 is 0 Å². The predicted octanol–water partition coefficient (Wildman–Crippen LogP) is 3.11. The fraction of sp³-hybridized carbons (Fsp3) is 0.588. The highest BCUT2D eigenvalue weighted by Gasteiger charge is 2.00. The van der Waals surface area contributed by atoms with Crippen LogP contribution in [0.25, 0.3) is 0 Å². The van der Waals surface area contributed by atoms with Crippen LogP contribution in [0.15, 0.2) is 29.3 Å². The molecule has 0 aliphatic heterocycles. The molecule has 0 fully saturated rings. The first-order chi connectivity index (χ1) is 11.3. The smallest absolute Gasteiger partial charge is 0.190 e. The number of methoxy groups -OCH3 is 1. The summed E-state index contributed by atoms with van der Waals surface area (Å²) in [6, 6.07) is 7.97. The van der Waals surface area contributed by atoms with Crippen molar-refractivity contribution in [3.8, 4) is 0 Å². The van der Waals surface area contributed by atoms with E-state index in [9.17, 15) is 0 Å². The molecule has 138 valence electrons. The van der Waals surface area contributed by atoms with Crippen LogP contribution >= 0.6 is 35.6 Å². The summed E-state index contributed by atoms with van der Waals surface area (Å²) in [6.07, 6.45) is 2.89. The van der Waals surface area contributed by atoms with E-state index in [1.807, 2.05) is 18.2 Å². The molecule has 1 aromatic rings. The number of guanidine groups is 1. The number of rotatable bonds is 11. The van der Waals surface area contributed by atoms with Gasteiger partial charge < -0.3 is 20.1 Å². The van der Waals surface area contributed by atoms with Gasteiger partial charge in [-0.1, -0.05) is 29.8 Å². The molecule has 0 aliphatic carbocycles. The van der Waals surface area contributed by atoms with Gasteiger partial charge in [0, 0.05) is 38.9 Å². The molecule has 0 unspecified atom stereocenters. The molecular formula is C17H29ClIN3O2. The molecule has 0 saturated carbocycles. The number of hydrogen-bond acceptors (Lipinski definition) is 3. The summed E-state index contributed by atoms with van der Waals surface area (Å²) in [6.45, 7) is 3.69. The predicted molar refractivity (Wildman–Crippen MR) is 112 cm³/mol. The van der Waals surface area contributed by atoms with E-state index in [0.29, 0.717) is 13.2 Å². The maximum atomic E-state index is 6.15. The quantitative estimate of drug-likeness (QED) is 0.226. The zero-order valence-corrected chi connectivity index (χ0v) is 17.6. The number of hydrogen-bond donors (Lipinski definition) is 2. The Morgan fingerprint density at radius 2 is 1.79 bits per heavy atom. The van der Waals surface area contributed by atoms with Crippen LogP contribution in [0.4, 0.5) is 0 Å². The second kappa shape index (κ2) is 15.9. The summed E-state index contributed by atoms with van der Waals surface area (Å²) in [5, 5.41) is 7.41. The van der Waals surface area contributed by atoms with E-state index in [1.54, 1.807) is 14.2 Å². The Morgan fingerprint density at radius 1 is 1.08 bits per heavy atom. The lowest BCUT2D eigenvalue weighted by molar-refractivity contribution is 0.0698. The lowest BCUT2D eigenvalue weighted by Gasteiger charge is -2.12. The van der Waals surface area contributed by atoms with Crippen molar-refractivity contribution in [2.75, 3.05) is 47.1 Å². The number of ether oxygens (including phenoxy) is 2. The molecule has 0 saturated heterocycles. The molecule has 7 heteroatoms. The topological polar surface area (TPSA) is 54.9 Å². The van der Waals surface area contributed by atoms with Gasteiger partial charge in [-0.2, -0.15) is 0 Å². The van der Waals surface area contributed by atoms with Gasteiger partial charge in [-0.15, -0.1) is 24.0 Å². The van der Waals surface area contributed by atoms with Crippen molar-refractivity contribution in [2.45, 2.75) is 19.3 Å². The van der Waals surface area contributed by atoms with Crippen molar-refractivity contribution >= 4 is 41.5 Å². The minimum atomic E-state index is 0. The number of aliphatic imine (C=N–C) groups is 1. The summed E-state index contributed by atoms with van der Waals surface area (Å²) < 4.78 is 10.3. The zero-order valence-electron chi connectivity index (χ0n) is 14.5. The molecular weight excluding hydrogens is 441 g/mol. The van der Waals surface area contributed by atoms with Gasteiger partial charge in [0.1, 0.15) is 0 Å². The summed E-state index contributed by atoms with van der Waals surface area (Å²) in [5.41, 5.74) is 1.19. The Labute approximate surface area is 167 Å². The van der Waals surface area contributed by atoms with Gasteiger partial charge in [0.05, 0.1) is 13.2 Å². The van der Waals surface area contributed by atoms with Crippen LogP contribution in [0.2, 0.25) is 5.02 Å². The van der Waals surface area contributed by atoms with Crippen molar-refractivity contribution in [1.29, 1.82) is 0 Å². The van der Waals surface area contributed by atoms with E-state index in [1.165, 1.54) is 5.56 Å². The van der Waals surface area contributed by atoms with Crippen LogP contribution in [0.1, 0.15) is 18.4 Å². The van der Waals surface area contributed by atoms with E-state index in [4.69, 9.17) is 21.1 Å². The Balaban J connectivity index is 0.00000529. The van der Waals surface area contributed by atoms with Gasteiger partial charge in [-0.25, -0.2) is 0 Å². The van der Waals surface area contributed by atoms with Gasteiger partial charge in [-0.05, 0) is 30.9 Å². The third-order valence-electron chi connectivity index (χ3n) is 3.29. The average molecular weight is 470 g/mol. The van der Waals surface area contributed by atoms with Crippen LogP contribution in [-0.2, 0) is 15.9 Å². The van der Waals surface area contributed by atoms with Gasteiger partial charge in [0.15, 0.2) is 5.96 Å². The zero-order chi connectivity index (χ0) is 16.8. The molecule has 0 aromatic heterocycles. The van der Waals surface area contributed by atoms with E-state index in [2.05, 4.69) is 21.7 Å². The Bertz CT molecular complexity index is 461. The minimum absolute atomic E-state index is 0. The lowest BCUT2D eigenvalue weighted by atomic mass is 10.1. The van der Waals surface area contributed by atoms with Crippen molar-refractivity contribution in [1.82, 2.24) is 10.6 Å². The third kappa shape index (κ3) is 11.1. The molecule has 24 heavy (non-hydrogen) atoms. The number of benzene rings is 1. The summed E-state index contributed by atoms with van der Waals surface area (Å²) in [4.78, 5) is 4.20. The molecule has 0 amide bonds. The van der Waals surface area contributed by atoms with Crippen molar-refractivity contribution in [3.63, 3.8) is 0 Å². The van der Waals surface area contributed by atoms with Gasteiger partial charge in [0.25, 0.3) is 0 Å². The molecule has 1 rings (SSSR count). The second-order valence-electron chi connectivity index (χ2n) is 5.08. The SMILES string of the molecule is CN=C(NCCCOCCOC)NCCCc1ccccc1Cl.I. The average Bonchev–Trinajstić information content (AvgIpc) is 2.57. The largest absolute Gasteiger partial charge is 0.382 e. The first kappa shape index (κ1) is 23.4. The summed E-state index contributed by atoms with van der Waals surface area (Å²) >= 11 is 6.15. The summed E-state index contributed by atoms with van der Waals surface area (Å²) in [5.74, 6) is 0.820. The summed E-state index contributed by atoms with van der Waals surface area (Å²) in [7, 11) is 3.45. The first-order valence-electron chi connectivity index (χ1n) is 8.02.